The van der Waals surface area contributed by atoms with E-state index in [4.69, 9.17) is 5.41 Å². The van der Waals surface area contributed by atoms with Gasteiger partial charge in [-0.1, -0.05) is 38.9 Å². The van der Waals surface area contributed by atoms with Crippen LogP contribution in [0.2, 0.25) is 18.1 Å². The summed E-state index contributed by atoms with van der Waals surface area (Å²) >= 11 is 0. The van der Waals surface area contributed by atoms with Gasteiger partial charge in [-0.2, -0.15) is 0 Å². The maximum atomic E-state index is 10.3. The SMILES string of the molecule is CC[Si](CC)(CC)C(C)(O)C(C)=N. The molecule has 0 aromatic heterocycles. The maximum Gasteiger partial charge on any atom is 0.0972 e. The highest BCUT2D eigenvalue weighted by Gasteiger charge is 2.46. The first-order valence-corrected chi connectivity index (χ1v) is 7.78. The molecule has 0 amide bonds. The lowest BCUT2D eigenvalue weighted by Gasteiger charge is -2.42. The minimum Gasteiger partial charge on any atom is -0.388 e. The van der Waals surface area contributed by atoms with Gasteiger partial charge in [-0.15, -0.1) is 0 Å². The summed E-state index contributed by atoms with van der Waals surface area (Å²) in [5, 5.41) is 17.2. The molecule has 0 aliphatic carbocycles. The Kier molecular flexibility index (Phi) is 4.32. The van der Waals surface area contributed by atoms with Crippen LogP contribution in [0.5, 0.6) is 0 Å². The Morgan fingerprint density at radius 1 is 1.23 bits per heavy atom. The summed E-state index contributed by atoms with van der Waals surface area (Å²) in [6, 6.07) is 3.18. The summed E-state index contributed by atoms with van der Waals surface area (Å²) in [6.07, 6.45) is 0. The van der Waals surface area contributed by atoms with Crippen molar-refractivity contribution in [1.29, 1.82) is 5.41 Å². The average molecular weight is 201 g/mol. The van der Waals surface area contributed by atoms with Crippen LogP contribution in [0.3, 0.4) is 0 Å². The van der Waals surface area contributed by atoms with Crippen molar-refractivity contribution in [1.82, 2.24) is 0 Å². The quantitative estimate of drug-likeness (QED) is 0.521. The molecule has 0 aliphatic heterocycles. The summed E-state index contributed by atoms with van der Waals surface area (Å²) < 4.78 is 0. The molecule has 0 aliphatic rings. The zero-order valence-electron chi connectivity index (χ0n) is 9.57. The molecular formula is C10H23NOSi. The lowest BCUT2D eigenvalue weighted by atomic mass is 10.3. The van der Waals surface area contributed by atoms with Gasteiger partial charge < -0.3 is 10.5 Å². The van der Waals surface area contributed by atoms with Crippen molar-refractivity contribution < 1.29 is 5.11 Å². The van der Waals surface area contributed by atoms with Crippen molar-refractivity contribution in [2.24, 2.45) is 0 Å². The molecule has 0 bridgehead atoms. The molecule has 0 heterocycles. The Morgan fingerprint density at radius 3 is 1.62 bits per heavy atom. The number of nitrogens with one attached hydrogen (secondary N) is 1. The summed E-state index contributed by atoms with van der Waals surface area (Å²) in [7, 11) is -1.68. The first-order valence-electron chi connectivity index (χ1n) is 5.16. The van der Waals surface area contributed by atoms with E-state index in [9.17, 15) is 5.11 Å². The van der Waals surface area contributed by atoms with Crippen LogP contribution < -0.4 is 0 Å². The molecule has 0 saturated carbocycles. The second kappa shape index (κ2) is 4.38. The minimum atomic E-state index is -1.68. The van der Waals surface area contributed by atoms with Crippen LogP contribution in [0.15, 0.2) is 0 Å². The summed E-state index contributed by atoms with van der Waals surface area (Å²) in [5.74, 6) is 0. The van der Waals surface area contributed by atoms with Crippen LogP contribution in [0.25, 0.3) is 0 Å². The zero-order valence-corrected chi connectivity index (χ0v) is 10.6. The molecule has 1 unspecified atom stereocenters. The first-order chi connectivity index (χ1) is 5.88. The van der Waals surface area contributed by atoms with E-state index < -0.39 is 13.3 Å². The van der Waals surface area contributed by atoms with E-state index in [-0.39, 0.29) is 0 Å². The van der Waals surface area contributed by atoms with Gasteiger partial charge in [0.15, 0.2) is 0 Å². The minimum absolute atomic E-state index is 0.435. The van der Waals surface area contributed by atoms with E-state index >= 15 is 0 Å². The Labute approximate surface area is 82.9 Å². The lowest BCUT2D eigenvalue weighted by Crippen LogP contribution is -2.59. The van der Waals surface area contributed by atoms with Crippen molar-refractivity contribution in [3.8, 4) is 0 Å². The van der Waals surface area contributed by atoms with E-state index in [1.807, 2.05) is 6.92 Å². The van der Waals surface area contributed by atoms with Gasteiger partial charge in [0.05, 0.1) is 13.3 Å². The molecule has 0 rings (SSSR count). The largest absolute Gasteiger partial charge is 0.388 e. The number of rotatable bonds is 5. The monoisotopic (exact) mass is 201 g/mol. The van der Waals surface area contributed by atoms with Crippen molar-refractivity contribution >= 4 is 13.8 Å². The van der Waals surface area contributed by atoms with Crippen LogP contribution in [0.4, 0.5) is 0 Å². The predicted octanol–water partition coefficient (Wildman–Crippen LogP) is 2.82. The summed E-state index contributed by atoms with van der Waals surface area (Å²) in [4.78, 5) is 0. The fraction of sp³-hybridized carbons (Fsp3) is 0.900. The van der Waals surface area contributed by atoms with E-state index in [0.29, 0.717) is 5.71 Å². The molecular weight excluding hydrogens is 178 g/mol. The molecule has 13 heavy (non-hydrogen) atoms. The Morgan fingerprint density at radius 2 is 1.54 bits per heavy atom. The highest BCUT2D eigenvalue weighted by Crippen LogP contribution is 2.32. The van der Waals surface area contributed by atoms with Gasteiger partial charge in [0.1, 0.15) is 0 Å². The zero-order chi connectivity index (χ0) is 10.7. The van der Waals surface area contributed by atoms with Gasteiger partial charge in [-0.25, -0.2) is 0 Å². The molecule has 0 aromatic rings. The molecule has 0 fully saturated rings. The smallest absolute Gasteiger partial charge is 0.0972 e. The highest BCUT2D eigenvalue weighted by atomic mass is 28.3. The third-order valence-corrected chi connectivity index (χ3v) is 10.3. The second-order valence-electron chi connectivity index (χ2n) is 4.04. The van der Waals surface area contributed by atoms with E-state index in [2.05, 4.69) is 20.8 Å². The molecule has 0 saturated heterocycles. The van der Waals surface area contributed by atoms with Crippen molar-refractivity contribution in [2.45, 2.75) is 58.0 Å². The molecule has 78 valence electrons. The van der Waals surface area contributed by atoms with Crippen LogP contribution in [0, 0.1) is 5.41 Å². The standard InChI is InChI=1S/C10H23NOSi/c1-6-13(7-2,8-3)10(5,12)9(4)11/h11-12H,6-8H2,1-5H3. The van der Waals surface area contributed by atoms with E-state index in [1.165, 1.54) is 0 Å². The van der Waals surface area contributed by atoms with E-state index in [0.717, 1.165) is 18.1 Å². The Hall–Kier alpha value is -0.153. The second-order valence-corrected chi connectivity index (χ2v) is 9.69. The summed E-state index contributed by atoms with van der Waals surface area (Å²) in [6.45, 7) is 10.0. The Balaban J connectivity index is 5.02. The first kappa shape index (κ1) is 12.8. The predicted molar refractivity (Wildman–Crippen MR) is 61.2 cm³/mol. The fourth-order valence-electron chi connectivity index (χ4n) is 2.18. The van der Waals surface area contributed by atoms with Gasteiger partial charge in [0, 0.05) is 5.71 Å². The van der Waals surface area contributed by atoms with Crippen LogP contribution in [-0.4, -0.2) is 24.1 Å². The summed E-state index contributed by atoms with van der Waals surface area (Å²) in [5.41, 5.74) is 0.435. The van der Waals surface area contributed by atoms with Crippen LogP contribution in [0.1, 0.15) is 34.6 Å². The van der Waals surface area contributed by atoms with Gasteiger partial charge >= 0.3 is 0 Å². The van der Waals surface area contributed by atoms with Gasteiger partial charge in [0.2, 0.25) is 0 Å². The third kappa shape index (κ3) is 2.02. The molecule has 3 heteroatoms. The molecule has 2 N–H and O–H groups in total. The van der Waals surface area contributed by atoms with Crippen LogP contribution in [-0.2, 0) is 0 Å². The highest BCUT2D eigenvalue weighted by molar-refractivity contribution is 6.85. The third-order valence-electron chi connectivity index (χ3n) is 3.79. The van der Waals surface area contributed by atoms with Gasteiger partial charge in [0.25, 0.3) is 0 Å². The number of hydrogen-bond acceptors (Lipinski definition) is 2. The van der Waals surface area contributed by atoms with Crippen molar-refractivity contribution in [2.75, 3.05) is 0 Å². The van der Waals surface area contributed by atoms with Gasteiger partial charge in [-0.3, -0.25) is 0 Å². The van der Waals surface area contributed by atoms with E-state index in [1.54, 1.807) is 6.92 Å². The van der Waals surface area contributed by atoms with Crippen LogP contribution >= 0.6 is 0 Å². The Bertz CT molecular complexity index is 177. The molecule has 0 spiro atoms. The number of aliphatic hydroxyl groups is 1. The van der Waals surface area contributed by atoms with Crippen molar-refractivity contribution in [3.63, 3.8) is 0 Å². The topological polar surface area (TPSA) is 44.1 Å². The normalized spacial score (nSPS) is 16.8. The maximum absolute atomic E-state index is 10.3. The van der Waals surface area contributed by atoms with Crippen molar-refractivity contribution in [3.05, 3.63) is 0 Å². The molecule has 0 aromatic carbocycles. The number of hydrogen-bond donors (Lipinski definition) is 2. The average Bonchev–Trinajstić information content (AvgIpc) is 2.08. The van der Waals surface area contributed by atoms with Gasteiger partial charge in [-0.05, 0) is 13.8 Å². The lowest BCUT2D eigenvalue weighted by molar-refractivity contribution is 0.201. The molecule has 0 radical (unpaired) electrons. The fourth-order valence-corrected chi connectivity index (χ4v) is 6.54. The molecule has 2 nitrogen and oxygen atoms in total. The molecule has 1 atom stereocenters.